The minimum absolute atomic E-state index is 0.182. The van der Waals surface area contributed by atoms with E-state index in [1.54, 1.807) is 18.0 Å². The molecule has 0 fully saturated rings. The molecule has 0 saturated carbocycles. The van der Waals surface area contributed by atoms with Gasteiger partial charge in [0.25, 0.3) is 0 Å². The monoisotopic (exact) mass is 289 g/mol. The number of nitrogens with zero attached hydrogens (tertiary/aromatic N) is 4. The smallest absolute Gasteiger partial charge is 0.225 e. The summed E-state index contributed by atoms with van der Waals surface area (Å²) in [6.45, 7) is 0. The van der Waals surface area contributed by atoms with E-state index < -0.39 is 0 Å². The van der Waals surface area contributed by atoms with Gasteiger partial charge in [-0.1, -0.05) is 0 Å². The number of aryl methyl sites for hydroxylation is 1. The molecule has 0 aliphatic rings. The minimum atomic E-state index is 0.182. The summed E-state index contributed by atoms with van der Waals surface area (Å²) in [5, 5.41) is 7.56. The Balaban J connectivity index is 2.02. The molecule has 20 heavy (non-hydrogen) atoms. The van der Waals surface area contributed by atoms with Crippen LogP contribution in [0.4, 0.5) is 11.5 Å². The van der Waals surface area contributed by atoms with Gasteiger partial charge in [0.2, 0.25) is 5.28 Å². The van der Waals surface area contributed by atoms with E-state index in [-0.39, 0.29) is 5.28 Å². The van der Waals surface area contributed by atoms with Gasteiger partial charge in [-0.15, -0.1) is 0 Å². The van der Waals surface area contributed by atoms with Gasteiger partial charge in [0.15, 0.2) is 5.82 Å². The molecule has 102 valence electrons. The van der Waals surface area contributed by atoms with Crippen LogP contribution in [0.3, 0.4) is 0 Å². The molecule has 0 saturated heterocycles. The van der Waals surface area contributed by atoms with Crippen molar-refractivity contribution in [2.45, 2.75) is 0 Å². The van der Waals surface area contributed by atoms with Crippen LogP contribution in [0.25, 0.3) is 11.0 Å². The van der Waals surface area contributed by atoms with Gasteiger partial charge in [-0.2, -0.15) is 10.1 Å². The fourth-order valence-corrected chi connectivity index (χ4v) is 2.13. The first-order valence-corrected chi connectivity index (χ1v) is 6.31. The number of methoxy groups -OCH3 is 1. The number of fused-ring (bicyclic) bond motifs is 1. The number of rotatable bonds is 3. The molecule has 6 nitrogen and oxygen atoms in total. The Labute approximate surface area is 120 Å². The van der Waals surface area contributed by atoms with Crippen LogP contribution >= 0.6 is 11.6 Å². The van der Waals surface area contributed by atoms with E-state index in [2.05, 4.69) is 20.4 Å². The van der Waals surface area contributed by atoms with Crippen molar-refractivity contribution in [1.29, 1.82) is 0 Å². The van der Waals surface area contributed by atoms with Crippen LogP contribution in [0.1, 0.15) is 0 Å². The van der Waals surface area contributed by atoms with Crippen molar-refractivity contribution in [2.75, 3.05) is 12.4 Å². The molecule has 0 spiro atoms. The van der Waals surface area contributed by atoms with Crippen LogP contribution in [0.15, 0.2) is 30.5 Å². The van der Waals surface area contributed by atoms with E-state index in [1.807, 2.05) is 31.3 Å². The second kappa shape index (κ2) is 4.97. The normalized spacial score (nSPS) is 10.8. The molecule has 7 heteroatoms. The Morgan fingerprint density at radius 1 is 1.20 bits per heavy atom. The fourth-order valence-electron chi connectivity index (χ4n) is 1.95. The molecule has 2 aromatic heterocycles. The van der Waals surface area contributed by atoms with Crippen LogP contribution in [0.2, 0.25) is 5.28 Å². The molecule has 2 heterocycles. The molecule has 0 radical (unpaired) electrons. The quantitative estimate of drug-likeness (QED) is 0.751. The van der Waals surface area contributed by atoms with Gasteiger partial charge in [-0.25, -0.2) is 4.98 Å². The van der Waals surface area contributed by atoms with E-state index in [1.165, 1.54) is 0 Å². The van der Waals surface area contributed by atoms with E-state index >= 15 is 0 Å². The molecule has 3 aromatic rings. The summed E-state index contributed by atoms with van der Waals surface area (Å²) in [4.78, 5) is 8.36. The van der Waals surface area contributed by atoms with Gasteiger partial charge in [0.05, 0.1) is 13.3 Å². The SMILES string of the molecule is COc1ccc(Nc2nc(Cl)nc3cnn(C)c23)cc1. The number of benzene rings is 1. The zero-order valence-corrected chi connectivity index (χ0v) is 11.7. The highest BCUT2D eigenvalue weighted by molar-refractivity contribution is 6.28. The zero-order chi connectivity index (χ0) is 14.1. The predicted octanol–water partition coefficient (Wildman–Crippen LogP) is 2.77. The number of hydrogen-bond acceptors (Lipinski definition) is 5. The molecule has 1 aromatic carbocycles. The standard InChI is InChI=1S/C13H12ClN5O/c1-19-11-10(7-15-19)17-13(14)18-12(11)16-8-3-5-9(20-2)6-4-8/h3-7H,1-2H3,(H,16,17,18). The maximum atomic E-state index is 5.93. The van der Waals surface area contributed by atoms with Crippen LogP contribution in [0, 0.1) is 0 Å². The number of halogens is 1. The predicted molar refractivity (Wildman–Crippen MR) is 77.6 cm³/mol. The Bertz CT molecular complexity index is 753. The van der Waals surface area contributed by atoms with Gasteiger partial charge in [-0.3, -0.25) is 4.68 Å². The maximum absolute atomic E-state index is 5.93. The largest absolute Gasteiger partial charge is 0.497 e. The second-order valence-corrected chi connectivity index (χ2v) is 4.53. The highest BCUT2D eigenvalue weighted by Gasteiger charge is 2.11. The summed E-state index contributed by atoms with van der Waals surface area (Å²) < 4.78 is 6.83. The van der Waals surface area contributed by atoms with Crippen molar-refractivity contribution < 1.29 is 4.74 Å². The van der Waals surface area contributed by atoms with E-state index in [0.717, 1.165) is 17.0 Å². The van der Waals surface area contributed by atoms with E-state index in [9.17, 15) is 0 Å². The number of ether oxygens (including phenoxy) is 1. The minimum Gasteiger partial charge on any atom is -0.497 e. The molecule has 0 amide bonds. The molecule has 1 N–H and O–H groups in total. The lowest BCUT2D eigenvalue weighted by Crippen LogP contribution is -2.00. The highest BCUT2D eigenvalue weighted by Crippen LogP contribution is 2.25. The Morgan fingerprint density at radius 3 is 2.65 bits per heavy atom. The maximum Gasteiger partial charge on any atom is 0.225 e. The first-order valence-electron chi connectivity index (χ1n) is 5.93. The van der Waals surface area contributed by atoms with Crippen LogP contribution < -0.4 is 10.1 Å². The molecule has 0 bridgehead atoms. The van der Waals surface area contributed by atoms with Gasteiger partial charge in [-0.05, 0) is 35.9 Å². The van der Waals surface area contributed by atoms with Crippen molar-refractivity contribution in [1.82, 2.24) is 19.7 Å². The summed E-state index contributed by atoms with van der Waals surface area (Å²) in [5.74, 6) is 1.41. The first kappa shape index (κ1) is 12.7. The summed E-state index contributed by atoms with van der Waals surface area (Å²) >= 11 is 5.93. The third-order valence-electron chi connectivity index (χ3n) is 2.91. The lowest BCUT2D eigenvalue weighted by molar-refractivity contribution is 0.415. The average Bonchev–Trinajstić information content (AvgIpc) is 2.81. The van der Waals surface area contributed by atoms with Crippen LogP contribution in [-0.4, -0.2) is 26.9 Å². The number of aromatic nitrogens is 4. The number of nitrogens with one attached hydrogen (secondary N) is 1. The van der Waals surface area contributed by atoms with Gasteiger partial charge in [0.1, 0.15) is 16.8 Å². The van der Waals surface area contributed by atoms with Gasteiger partial charge < -0.3 is 10.1 Å². The third kappa shape index (κ3) is 2.25. The zero-order valence-electron chi connectivity index (χ0n) is 11.0. The topological polar surface area (TPSA) is 64.9 Å². The molecular formula is C13H12ClN5O. The third-order valence-corrected chi connectivity index (χ3v) is 3.08. The first-order chi connectivity index (χ1) is 9.67. The van der Waals surface area contributed by atoms with Crippen molar-refractivity contribution in [3.63, 3.8) is 0 Å². The van der Waals surface area contributed by atoms with E-state index in [4.69, 9.17) is 16.3 Å². The second-order valence-electron chi connectivity index (χ2n) is 4.20. The average molecular weight is 290 g/mol. The van der Waals surface area contributed by atoms with E-state index in [0.29, 0.717) is 11.3 Å². The number of anilines is 2. The van der Waals surface area contributed by atoms with Crippen LogP contribution in [0.5, 0.6) is 5.75 Å². The Kier molecular flexibility index (Phi) is 3.15. The molecule has 0 aliphatic heterocycles. The van der Waals surface area contributed by atoms with Crippen LogP contribution in [-0.2, 0) is 7.05 Å². The van der Waals surface area contributed by atoms with Crippen molar-refractivity contribution >= 4 is 34.1 Å². The van der Waals surface area contributed by atoms with Crippen molar-refractivity contribution in [3.8, 4) is 5.75 Å². The summed E-state index contributed by atoms with van der Waals surface area (Å²) in [5.41, 5.74) is 2.37. The lowest BCUT2D eigenvalue weighted by atomic mass is 10.3. The fraction of sp³-hybridized carbons (Fsp3) is 0.154. The lowest BCUT2D eigenvalue weighted by Gasteiger charge is -2.08. The van der Waals surface area contributed by atoms with Crippen molar-refractivity contribution in [3.05, 3.63) is 35.7 Å². The summed E-state index contributed by atoms with van der Waals surface area (Å²) in [6, 6.07) is 7.53. The van der Waals surface area contributed by atoms with Gasteiger partial charge in [0, 0.05) is 12.7 Å². The van der Waals surface area contributed by atoms with Crippen molar-refractivity contribution in [2.24, 2.45) is 7.05 Å². The Morgan fingerprint density at radius 2 is 1.95 bits per heavy atom. The highest BCUT2D eigenvalue weighted by atomic mass is 35.5. The molecule has 0 unspecified atom stereocenters. The van der Waals surface area contributed by atoms with Gasteiger partial charge >= 0.3 is 0 Å². The summed E-state index contributed by atoms with van der Waals surface area (Å²) in [7, 11) is 3.46. The summed E-state index contributed by atoms with van der Waals surface area (Å²) in [6.07, 6.45) is 1.65. The Hall–Kier alpha value is -2.34. The number of hydrogen-bond donors (Lipinski definition) is 1. The molecular weight excluding hydrogens is 278 g/mol. The molecule has 0 atom stereocenters. The molecule has 3 rings (SSSR count). The molecule has 0 aliphatic carbocycles.